The highest BCUT2D eigenvalue weighted by molar-refractivity contribution is 8.93. The third-order valence-electron chi connectivity index (χ3n) is 3.43. The monoisotopic (exact) mass is 353 g/mol. The largest absolute Gasteiger partial charge is 0.294 e. The Morgan fingerprint density at radius 1 is 0.818 bits per heavy atom. The maximum absolute atomic E-state index is 12.6. The van der Waals surface area contributed by atoms with E-state index in [1.165, 1.54) is 0 Å². The maximum atomic E-state index is 12.6. The lowest BCUT2D eigenvalue weighted by molar-refractivity contribution is 0.0993. The summed E-state index contributed by atoms with van der Waals surface area (Å²) < 4.78 is 0. The van der Waals surface area contributed by atoms with Crippen LogP contribution in [0.4, 0.5) is 0 Å². The molecule has 0 amide bonds. The van der Waals surface area contributed by atoms with E-state index in [1.807, 2.05) is 66.7 Å². The van der Waals surface area contributed by atoms with Gasteiger partial charge in [-0.2, -0.15) is 0 Å². The Labute approximate surface area is 140 Å². The van der Waals surface area contributed by atoms with Gasteiger partial charge < -0.3 is 0 Å². The van der Waals surface area contributed by atoms with Gasteiger partial charge in [0.15, 0.2) is 5.78 Å². The van der Waals surface area contributed by atoms with Gasteiger partial charge in [-0.25, -0.2) is 0 Å². The first-order valence-electron chi connectivity index (χ1n) is 6.91. The summed E-state index contributed by atoms with van der Waals surface area (Å²) in [7, 11) is 0. The lowest BCUT2D eigenvalue weighted by Crippen LogP contribution is -2.05. The maximum Gasteiger partial charge on any atom is 0.167 e. The third kappa shape index (κ3) is 3.68. The minimum absolute atomic E-state index is 0. The lowest BCUT2D eigenvalue weighted by Gasteiger charge is -2.09. The normalized spacial score (nSPS) is 9.82. The number of carbonyl (C=O) groups is 1. The molecular weight excluding hydrogens is 338 g/mol. The van der Waals surface area contributed by atoms with Gasteiger partial charge in [0, 0.05) is 24.4 Å². The van der Waals surface area contributed by atoms with E-state index in [4.69, 9.17) is 0 Å². The SMILES string of the molecule is Br.O=C(Cc1ccncc1)c1ccccc1-c1ccccc1. The number of benzene rings is 2. The summed E-state index contributed by atoms with van der Waals surface area (Å²) in [6.07, 6.45) is 3.82. The van der Waals surface area contributed by atoms with Crippen molar-refractivity contribution in [3.63, 3.8) is 0 Å². The average Bonchev–Trinajstić information content (AvgIpc) is 2.56. The number of aromatic nitrogens is 1. The Kier molecular flexibility index (Phi) is 5.61. The molecule has 0 aliphatic carbocycles. The molecule has 3 rings (SSSR count). The van der Waals surface area contributed by atoms with Gasteiger partial charge >= 0.3 is 0 Å². The van der Waals surface area contributed by atoms with Crippen LogP contribution in [0.1, 0.15) is 15.9 Å². The fraction of sp³-hybridized carbons (Fsp3) is 0.0526. The summed E-state index contributed by atoms with van der Waals surface area (Å²) in [5.41, 5.74) is 3.80. The predicted molar refractivity (Wildman–Crippen MR) is 94.5 cm³/mol. The lowest BCUT2D eigenvalue weighted by atomic mass is 9.94. The van der Waals surface area contributed by atoms with Gasteiger partial charge in [-0.1, -0.05) is 54.6 Å². The van der Waals surface area contributed by atoms with Crippen LogP contribution >= 0.6 is 17.0 Å². The summed E-state index contributed by atoms with van der Waals surface area (Å²) in [5.74, 6) is 0.126. The van der Waals surface area contributed by atoms with Crippen LogP contribution in [0.25, 0.3) is 11.1 Å². The van der Waals surface area contributed by atoms with E-state index < -0.39 is 0 Å². The van der Waals surface area contributed by atoms with E-state index in [9.17, 15) is 4.79 Å². The molecule has 0 unspecified atom stereocenters. The summed E-state index contributed by atoms with van der Waals surface area (Å²) in [4.78, 5) is 16.6. The van der Waals surface area contributed by atoms with E-state index in [0.29, 0.717) is 6.42 Å². The van der Waals surface area contributed by atoms with Gasteiger partial charge in [0.25, 0.3) is 0 Å². The summed E-state index contributed by atoms with van der Waals surface area (Å²) in [5, 5.41) is 0. The van der Waals surface area contributed by atoms with Crippen molar-refractivity contribution in [1.29, 1.82) is 0 Å². The van der Waals surface area contributed by atoms with Gasteiger partial charge in [-0.3, -0.25) is 9.78 Å². The molecule has 0 saturated carbocycles. The fourth-order valence-corrected chi connectivity index (χ4v) is 2.38. The second kappa shape index (κ2) is 7.66. The van der Waals surface area contributed by atoms with E-state index in [-0.39, 0.29) is 22.8 Å². The van der Waals surface area contributed by atoms with Crippen molar-refractivity contribution in [2.24, 2.45) is 0 Å². The van der Waals surface area contributed by atoms with Crippen molar-refractivity contribution >= 4 is 22.8 Å². The van der Waals surface area contributed by atoms with Crippen LogP contribution in [0, 0.1) is 0 Å². The number of ketones is 1. The molecule has 0 atom stereocenters. The molecule has 1 heterocycles. The Hall–Kier alpha value is -2.26. The molecule has 2 aromatic carbocycles. The third-order valence-corrected chi connectivity index (χ3v) is 3.43. The zero-order valence-electron chi connectivity index (χ0n) is 12.0. The molecule has 0 saturated heterocycles. The molecular formula is C19H16BrNO. The smallest absolute Gasteiger partial charge is 0.167 e. The topological polar surface area (TPSA) is 30.0 Å². The second-order valence-electron chi connectivity index (χ2n) is 4.87. The first-order chi connectivity index (χ1) is 10.3. The number of pyridine rings is 1. The van der Waals surface area contributed by atoms with Crippen molar-refractivity contribution < 1.29 is 4.79 Å². The summed E-state index contributed by atoms with van der Waals surface area (Å²) >= 11 is 0. The van der Waals surface area contributed by atoms with Crippen LogP contribution in [-0.2, 0) is 6.42 Å². The molecule has 0 spiro atoms. The van der Waals surface area contributed by atoms with Gasteiger partial charge in [-0.15, -0.1) is 17.0 Å². The Morgan fingerprint density at radius 2 is 1.45 bits per heavy atom. The molecule has 0 N–H and O–H groups in total. The van der Waals surface area contributed by atoms with Crippen molar-refractivity contribution in [3.8, 4) is 11.1 Å². The van der Waals surface area contributed by atoms with Crippen LogP contribution in [0.15, 0.2) is 79.1 Å². The van der Waals surface area contributed by atoms with Crippen LogP contribution in [0.2, 0.25) is 0 Å². The van der Waals surface area contributed by atoms with Crippen molar-refractivity contribution in [2.75, 3.05) is 0 Å². The van der Waals surface area contributed by atoms with Gasteiger partial charge in [0.1, 0.15) is 0 Å². The van der Waals surface area contributed by atoms with Crippen molar-refractivity contribution in [2.45, 2.75) is 6.42 Å². The molecule has 0 aliphatic heterocycles. The van der Waals surface area contributed by atoms with E-state index in [2.05, 4.69) is 4.98 Å². The van der Waals surface area contributed by atoms with Crippen molar-refractivity contribution in [3.05, 3.63) is 90.3 Å². The summed E-state index contributed by atoms with van der Waals surface area (Å²) in [6, 6.07) is 21.5. The van der Waals surface area contributed by atoms with Crippen LogP contribution in [0.5, 0.6) is 0 Å². The van der Waals surface area contributed by atoms with Gasteiger partial charge in [0.2, 0.25) is 0 Å². The van der Waals surface area contributed by atoms with Gasteiger partial charge in [-0.05, 0) is 28.8 Å². The molecule has 2 nitrogen and oxygen atoms in total. The number of Topliss-reactive ketones (excluding diaryl/α,β-unsaturated/α-hetero) is 1. The first kappa shape index (κ1) is 16.1. The number of carbonyl (C=O) groups excluding carboxylic acids is 1. The Bertz CT molecular complexity index is 742. The number of hydrogen-bond acceptors (Lipinski definition) is 2. The molecule has 0 bridgehead atoms. The number of halogens is 1. The number of rotatable bonds is 4. The Morgan fingerprint density at radius 3 is 2.18 bits per heavy atom. The fourth-order valence-electron chi connectivity index (χ4n) is 2.38. The van der Waals surface area contributed by atoms with Crippen LogP contribution in [0.3, 0.4) is 0 Å². The minimum Gasteiger partial charge on any atom is -0.294 e. The Balaban J connectivity index is 0.00000176. The van der Waals surface area contributed by atoms with Crippen molar-refractivity contribution in [1.82, 2.24) is 4.98 Å². The highest BCUT2D eigenvalue weighted by Crippen LogP contribution is 2.24. The van der Waals surface area contributed by atoms with Crippen LogP contribution in [-0.4, -0.2) is 10.8 Å². The van der Waals surface area contributed by atoms with E-state index in [1.54, 1.807) is 12.4 Å². The summed E-state index contributed by atoms with van der Waals surface area (Å²) in [6.45, 7) is 0. The standard InChI is InChI=1S/C19H15NO.BrH/c21-19(14-15-10-12-20-13-11-15)18-9-5-4-8-17(18)16-6-2-1-3-7-16;/h1-13H,14H2;1H. The highest BCUT2D eigenvalue weighted by atomic mass is 79.9. The molecule has 3 aromatic rings. The molecule has 22 heavy (non-hydrogen) atoms. The predicted octanol–water partition coefficient (Wildman–Crippen LogP) is 4.75. The second-order valence-corrected chi connectivity index (χ2v) is 4.87. The quantitative estimate of drug-likeness (QED) is 0.633. The molecule has 0 radical (unpaired) electrons. The number of nitrogens with zero attached hydrogens (tertiary/aromatic N) is 1. The molecule has 3 heteroatoms. The molecule has 1 aromatic heterocycles. The zero-order valence-corrected chi connectivity index (χ0v) is 13.7. The van der Waals surface area contributed by atoms with E-state index in [0.717, 1.165) is 22.3 Å². The van der Waals surface area contributed by atoms with Gasteiger partial charge in [0.05, 0.1) is 0 Å². The molecule has 110 valence electrons. The van der Waals surface area contributed by atoms with Crippen LogP contribution < -0.4 is 0 Å². The molecule has 0 aliphatic rings. The minimum atomic E-state index is 0. The highest BCUT2D eigenvalue weighted by Gasteiger charge is 2.12. The first-order valence-corrected chi connectivity index (χ1v) is 6.91. The zero-order chi connectivity index (χ0) is 14.5. The molecule has 0 fully saturated rings. The average molecular weight is 354 g/mol. The number of hydrogen-bond donors (Lipinski definition) is 0. The van der Waals surface area contributed by atoms with E-state index >= 15 is 0 Å².